The maximum atomic E-state index is 14.4. The van der Waals surface area contributed by atoms with Crippen LogP contribution in [-0.4, -0.2) is 53.9 Å². The lowest BCUT2D eigenvalue weighted by atomic mass is 10.2. The van der Waals surface area contributed by atoms with Gasteiger partial charge in [0.25, 0.3) is 0 Å². The molecule has 1 saturated heterocycles. The Morgan fingerprint density at radius 3 is 2.76 bits per heavy atom. The lowest BCUT2D eigenvalue weighted by molar-refractivity contribution is -0.158. The molecule has 1 aliphatic rings. The van der Waals surface area contributed by atoms with E-state index in [4.69, 9.17) is 21.1 Å². The average molecular weight is 501 g/mol. The van der Waals surface area contributed by atoms with Crippen molar-refractivity contribution < 1.29 is 36.6 Å². The third-order valence-corrected chi connectivity index (χ3v) is 5.45. The molecule has 3 aromatic rings. The van der Waals surface area contributed by atoms with Gasteiger partial charge in [-0.25, -0.2) is 23.5 Å². The number of halogens is 5. The first kappa shape index (κ1) is 23.8. The summed E-state index contributed by atoms with van der Waals surface area (Å²) < 4.78 is 67.9. The molecule has 34 heavy (non-hydrogen) atoms. The zero-order valence-corrected chi connectivity index (χ0v) is 18.3. The molecule has 0 radical (unpaired) electrons. The van der Waals surface area contributed by atoms with Gasteiger partial charge in [0.15, 0.2) is 17.3 Å². The van der Waals surface area contributed by atoms with E-state index in [1.54, 1.807) is 0 Å². The predicted molar refractivity (Wildman–Crippen MR) is 114 cm³/mol. The minimum atomic E-state index is -2.94. The summed E-state index contributed by atoms with van der Waals surface area (Å²) in [6, 6.07) is 5.03. The van der Waals surface area contributed by atoms with Crippen molar-refractivity contribution in [2.75, 3.05) is 25.5 Å². The second-order valence-corrected chi connectivity index (χ2v) is 7.59. The van der Waals surface area contributed by atoms with E-state index in [9.17, 15) is 22.4 Å². The minimum absolute atomic E-state index is 0.00584. The fraction of sp³-hybridized carbons (Fsp3) is 0.286. The Hall–Kier alpha value is -3.38. The molecule has 1 amide bonds. The number of anilines is 2. The minimum Gasteiger partial charge on any atom is -0.493 e. The summed E-state index contributed by atoms with van der Waals surface area (Å²) in [5.41, 5.74) is 0.234. The highest BCUT2D eigenvalue weighted by Gasteiger charge is 2.30. The molecule has 0 unspecified atom stereocenters. The van der Waals surface area contributed by atoms with Crippen LogP contribution in [0, 0.1) is 11.6 Å². The van der Waals surface area contributed by atoms with Crippen LogP contribution in [0.25, 0.3) is 10.9 Å². The van der Waals surface area contributed by atoms with Gasteiger partial charge >= 0.3 is 12.7 Å². The zero-order chi connectivity index (χ0) is 24.4. The van der Waals surface area contributed by atoms with Gasteiger partial charge in [0.1, 0.15) is 23.0 Å². The van der Waals surface area contributed by atoms with Gasteiger partial charge in [-0.1, -0.05) is 11.6 Å². The summed E-state index contributed by atoms with van der Waals surface area (Å²) in [4.78, 5) is 22.0. The molecule has 0 aliphatic carbocycles. The maximum absolute atomic E-state index is 14.4. The molecule has 4 rings (SSSR count). The van der Waals surface area contributed by atoms with Crippen LogP contribution < -0.4 is 14.8 Å². The van der Waals surface area contributed by atoms with Gasteiger partial charge in [-0.2, -0.15) is 8.78 Å². The van der Waals surface area contributed by atoms with Gasteiger partial charge in [-0.15, -0.1) is 0 Å². The van der Waals surface area contributed by atoms with Gasteiger partial charge in [-0.05, 0) is 24.6 Å². The van der Waals surface area contributed by atoms with Crippen LogP contribution in [0.2, 0.25) is 5.02 Å². The number of nitrogens with one attached hydrogen (secondary N) is 1. The first-order valence-corrected chi connectivity index (χ1v) is 10.3. The summed E-state index contributed by atoms with van der Waals surface area (Å²) in [6.07, 6.45) is -0.137. The highest BCUT2D eigenvalue weighted by atomic mass is 35.5. The fourth-order valence-electron chi connectivity index (χ4n) is 3.46. The van der Waals surface area contributed by atoms with E-state index in [0.717, 1.165) is 12.1 Å². The smallest absolute Gasteiger partial charge is 0.415 e. The number of likely N-dealkylation sites (tertiary alicyclic amines) is 1. The second-order valence-electron chi connectivity index (χ2n) is 7.21. The van der Waals surface area contributed by atoms with Crippen LogP contribution >= 0.6 is 11.6 Å². The molecule has 1 fully saturated rings. The van der Waals surface area contributed by atoms with Gasteiger partial charge in [0.05, 0.1) is 31.0 Å². The van der Waals surface area contributed by atoms with Crippen LogP contribution in [0.1, 0.15) is 6.42 Å². The molecule has 1 aliphatic heterocycles. The van der Waals surface area contributed by atoms with E-state index >= 15 is 0 Å². The largest absolute Gasteiger partial charge is 0.493 e. The first-order chi connectivity index (χ1) is 16.3. The van der Waals surface area contributed by atoms with Crippen LogP contribution in [0.3, 0.4) is 0 Å². The van der Waals surface area contributed by atoms with Crippen molar-refractivity contribution in [3.63, 3.8) is 0 Å². The molecule has 1 N–H and O–H groups in total. The van der Waals surface area contributed by atoms with Gasteiger partial charge in [0, 0.05) is 18.0 Å². The highest BCUT2D eigenvalue weighted by Crippen LogP contribution is 2.36. The summed E-state index contributed by atoms with van der Waals surface area (Å²) >= 11 is 5.64. The quantitative estimate of drug-likeness (QED) is 0.371. The van der Waals surface area contributed by atoms with Crippen molar-refractivity contribution in [2.45, 2.75) is 19.1 Å². The molecule has 2 heterocycles. The second kappa shape index (κ2) is 9.85. The Kier molecular flexibility index (Phi) is 6.89. The number of ether oxygens (including phenoxy) is 3. The van der Waals surface area contributed by atoms with E-state index in [2.05, 4.69) is 20.0 Å². The van der Waals surface area contributed by atoms with Crippen LogP contribution in [0.4, 0.5) is 33.9 Å². The molecule has 8 nitrogen and oxygen atoms in total. The molecule has 0 spiro atoms. The standard InChI is InChI=1S/C21H17ClF4N4O4/c1-32-15-7-14-11(6-16(15)34-21(31)30-5-4-10(8-30)33-20(25)26)19(28-9-27-14)29-13-3-2-12(23)17(22)18(13)24/h2-3,6-7,9-10,20H,4-5,8H2,1H3,(H,27,28,29)/t10-/m0/s1. The topological polar surface area (TPSA) is 85.8 Å². The van der Waals surface area contributed by atoms with Gasteiger partial charge in [-0.3, -0.25) is 0 Å². The summed E-state index contributed by atoms with van der Waals surface area (Å²) in [6.45, 7) is -2.82. The average Bonchev–Trinajstić information content (AvgIpc) is 3.27. The summed E-state index contributed by atoms with van der Waals surface area (Å²) in [7, 11) is 1.36. The lowest BCUT2D eigenvalue weighted by Crippen LogP contribution is -2.33. The number of aromatic nitrogens is 2. The SMILES string of the molecule is COc1cc2ncnc(Nc3ccc(F)c(Cl)c3F)c2cc1OC(=O)N1CC[C@H](OC(F)F)C1. The number of methoxy groups -OCH3 is 1. The van der Waals surface area contributed by atoms with E-state index in [-0.39, 0.29) is 42.5 Å². The summed E-state index contributed by atoms with van der Waals surface area (Å²) in [5, 5.41) is 2.37. The number of benzene rings is 2. The first-order valence-electron chi connectivity index (χ1n) is 9.90. The lowest BCUT2D eigenvalue weighted by Gasteiger charge is -2.18. The predicted octanol–water partition coefficient (Wildman–Crippen LogP) is 5.13. The number of carbonyl (C=O) groups is 1. The van der Waals surface area contributed by atoms with Crippen LogP contribution in [-0.2, 0) is 4.74 Å². The van der Waals surface area contributed by atoms with Crippen molar-refractivity contribution in [1.82, 2.24) is 14.9 Å². The number of hydrogen-bond acceptors (Lipinski definition) is 7. The molecule has 13 heteroatoms. The van der Waals surface area contributed by atoms with E-state index < -0.39 is 35.5 Å². The Balaban J connectivity index is 1.62. The van der Waals surface area contributed by atoms with Gasteiger partial charge < -0.3 is 24.4 Å². The molecular formula is C21H17ClF4N4O4. The van der Waals surface area contributed by atoms with E-state index in [0.29, 0.717) is 10.9 Å². The number of alkyl halides is 2. The van der Waals surface area contributed by atoms with Crippen LogP contribution in [0.15, 0.2) is 30.6 Å². The van der Waals surface area contributed by atoms with Crippen molar-refractivity contribution >= 4 is 40.1 Å². The number of carbonyl (C=O) groups excluding carboxylic acids is 1. The summed E-state index contributed by atoms with van der Waals surface area (Å²) in [5.74, 6) is -1.64. The van der Waals surface area contributed by atoms with Crippen molar-refractivity contribution in [1.29, 1.82) is 0 Å². The highest BCUT2D eigenvalue weighted by molar-refractivity contribution is 6.31. The zero-order valence-electron chi connectivity index (χ0n) is 17.5. The van der Waals surface area contributed by atoms with Gasteiger partial charge in [0.2, 0.25) is 0 Å². The number of hydrogen-bond donors (Lipinski definition) is 1. The molecule has 1 atom stereocenters. The maximum Gasteiger partial charge on any atom is 0.415 e. The Morgan fingerprint density at radius 1 is 1.24 bits per heavy atom. The molecule has 0 bridgehead atoms. The Morgan fingerprint density at radius 2 is 2.03 bits per heavy atom. The number of nitrogens with zero attached hydrogens (tertiary/aromatic N) is 3. The third kappa shape index (κ3) is 4.92. The van der Waals surface area contributed by atoms with Crippen LogP contribution in [0.5, 0.6) is 11.5 Å². The molecule has 180 valence electrons. The van der Waals surface area contributed by atoms with Crippen molar-refractivity contribution in [3.05, 3.63) is 47.2 Å². The number of fused-ring (bicyclic) bond motifs is 1. The monoisotopic (exact) mass is 500 g/mol. The van der Waals surface area contributed by atoms with Crippen molar-refractivity contribution in [2.24, 2.45) is 0 Å². The molecule has 2 aromatic carbocycles. The number of rotatable bonds is 6. The molecule has 1 aromatic heterocycles. The molecule has 0 saturated carbocycles. The normalized spacial score (nSPS) is 15.7. The van der Waals surface area contributed by atoms with E-state index in [1.807, 2.05) is 0 Å². The Bertz CT molecular complexity index is 1230. The van der Waals surface area contributed by atoms with E-state index in [1.165, 1.54) is 30.5 Å². The number of amides is 1. The molecular weight excluding hydrogens is 484 g/mol. The third-order valence-electron chi connectivity index (χ3n) is 5.10. The fourth-order valence-corrected chi connectivity index (χ4v) is 3.63. The Labute approximate surface area is 195 Å². The van der Waals surface area contributed by atoms with Crippen molar-refractivity contribution in [3.8, 4) is 11.5 Å².